The maximum atomic E-state index is 5.00. The van der Waals surface area contributed by atoms with Gasteiger partial charge in [0.15, 0.2) is 0 Å². The van der Waals surface area contributed by atoms with E-state index in [0.717, 1.165) is 46.8 Å². The lowest BCUT2D eigenvalue weighted by atomic mass is 10.1. The van der Waals surface area contributed by atoms with Gasteiger partial charge in [-0.05, 0) is 61.2 Å². The average Bonchev–Trinajstić information content (AvgIpc) is 3.94. The van der Waals surface area contributed by atoms with E-state index in [2.05, 4.69) is 79.5 Å². The fourth-order valence-corrected chi connectivity index (χ4v) is 11.6. The smallest absolute Gasteiger partial charge is 0.132 e. The summed E-state index contributed by atoms with van der Waals surface area (Å²) in [5, 5.41) is 4.82. The molecule has 0 atom stereocenters. The SMILES string of the molecule is CCCCCCN(CCCCCC)c1ccc(-c2cc3sc(-c4ncc(-c5cc6sc(NCCCC)cc6s5)c5nsnc45)cc3s2)cc1. The molecule has 6 heterocycles. The van der Waals surface area contributed by atoms with Gasteiger partial charge in [-0.2, -0.15) is 8.75 Å². The van der Waals surface area contributed by atoms with Crippen LogP contribution >= 0.6 is 57.1 Å². The van der Waals surface area contributed by atoms with Crippen LogP contribution in [0.15, 0.2) is 54.7 Å². The van der Waals surface area contributed by atoms with E-state index < -0.39 is 0 Å². The number of unbranched alkanes of at least 4 members (excludes halogenated alkanes) is 7. The average molecular weight is 744 g/mol. The highest BCUT2D eigenvalue weighted by Gasteiger charge is 2.20. The Kier molecular flexibility index (Phi) is 11.6. The number of pyridine rings is 1. The van der Waals surface area contributed by atoms with Crippen molar-refractivity contribution in [2.75, 3.05) is 29.9 Å². The van der Waals surface area contributed by atoms with E-state index in [4.69, 9.17) is 13.7 Å². The molecule has 0 unspecified atom stereocenters. The van der Waals surface area contributed by atoms with Gasteiger partial charge in [-0.1, -0.05) is 77.8 Å². The van der Waals surface area contributed by atoms with Crippen LogP contribution in [0.1, 0.15) is 85.0 Å². The third-order valence-electron chi connectivity index (χ3n) is 9.11. The van der Waals surface area contributed by atoms with E-state index in [1.165, 1.54) is 121 Å². The number of nitrogens with one attached hydrogen (secondary N) is 1. The molecule has 49 heavy (non-hydrogen) atoms. The second kappa shape index (κ2) is 16.4. The number of fused-ring (bicyclic) bond motifs is 3. The largest absolute Gasteiger partial charge is 0.377 e. The Hall–Kier alpha value is -2.89. The fourth-order valence-electron chi connectivity index (χ4n) is 6.34. The normalized spacial score (nSPS) is 11.8. The molecule has 0 saturated heterocycles. The number of hydrogen-bond acceptors (Lipinski definition) is 10. The third kappa shape index (κ3) is 7.89. The van der Waals surface area contributed by atoms with Crippen molar-refractivity contribution in [2.45, 2.75) is 85.0 Å². The van der Waals surface area contributed by atoms with Gasteiger partial charge in [0.05, 0.1) is 21.6 Å². The first-order valence-corrected chi connectivity index (χ1v) is 21.9. The van der Waals surface area contributed by atoms with E-state index in [0.29, 0.717) is 0 Å². The minimum absolute atomic E-state index is 0.903. The summed E-state index contributed by atoms with van der Waals surface area (Å²) in [6.07, 6.45) is 14.8. The van der Waals surface area contributed by atoms with Crippen LogP contribution in [0.4, 0.5) is 10.7 Å². The molecular weight excluding hydrogens is 699 g/mol. The van der Waals surface area contributed by atoms with Gasteiger partial charge in [-0.3, -0.25) is 4.98 Å². The maximum absolute atomic E-state index is 5.00. The molecule has 0 fully saturated rings. The molecule has 256 valence electrons. The van der Waals surface area contributed by atoms with Gasteiger partial charge in [0.2, 0.25) is 0 Å². The Morgan fingerprint density at radius 3 is 1.94 bits per heavy atom. The first-order chi connectivity index (χ1) is 24.1. The van der Waals surface area contributed by atoms with Gasteiger partial charge in [0.25, 0.3) is 0 Å². The van der Waals surface area contributed by atoms with Crippen LogP contribution < -0.4 is 10.2 Å². The van der Waals surface area contributed by atoms with Crippen LogP contribution in [0.3, 0.4) is 0 Å². The van der Waals surface area contributed by atoms with Crippen LogP contribution in [0.5, 0.6) is 0 Å². The van der Waals surface area contributed by atoms with Gasteiger partial charge in [0, 0.05) is 65.6 Å². The molecule has 7 rings (SSSR count). The monoisotopic (exact) mass is 743 g/mol. The summed E-state index contributed by atoms with van der Waals surface area (Å²) in [7, 11) is 0. The van der Waals surface area contributed by atoms with Crippen LogP contribution in [0, 0.1) is 0 Å². The van der Waals surface area contributed by atoms with E-state index >= 15 is 0 Å². The number of rotatable bonds is 18. The lowest BCUT2D eigenvalue weighted by Gasteiger charge is -2.25. The zero-order chi connectivity index (χ0) is 33.6. The summed E-state index contributed by atoms with van der Waals surface area (Å²) in [6.45, 7) is 10.1. The second-order valence-electron chi connectivity index (χ2n) is 12.8. The standard InChI is InChI=1S/C39H45N5S5/c1-4-7-10-12-19-44(20-13-11-8-5-2)27-16-14-26(15-17-27)29-21-31-32(45-29)23-35(47-31)38-39-37(42-49-43-39)28(25-41-38)30-22-33-34(46-30)24-36(48-33)40-18-9-6-3/h14-17,21-25,40H,4-13,18-20H2,1-3H3. The number of thiophene rings is 4. The zero-order valence-corrected chi connectivity index (χ0v) is 32.8. The van der Waals surface area contributed by atoms with Crippen molar-refractivity contribution in [1.29, 1.82) is 0 Å². The van der Waals surface area contributed by atoms with Crippen molar-refractivity contribution in [1.82, 2.24) is 13.7 Å². The minimum atomic E-state index is 0.903. The molecule has 0 saturated carbocycles. The number of hydrogen-bond donors (Lipinski definition) is 1. The summed E-state index contributed by atoms with van der Waals surface area (Å²) in [6, 6.07) is 18.5. The van der Waals surface area contributed by atoms with Crippen molar-refractivity contribution in [3.63, 3.8) is 0 Å². The molecular formula is C39H45N5S5. The number of aromatic nitrogens is 3. The molecule has 0 bridgehead atoms. The molecule has 0 amide bonds. The molecule has 0 radical (unpaired) electrons. The summed E-state index contributed by atoms with van der Waals surface area (Å²) >= 11 is 8.60. The number of nitrogens with zero attached hydrogens (tertiary/aromatic N) is 4. The summed E-state index contributed by atoms with van der Waals surface area (Å²) in [4.78, 5) is 11.3. The van der Waals surface area contributed by atoms with Crippen molar-refractivity contribution in [3.8, 4) is 31.5 Å². The van der Waals surface area contributed by atoms with Crippen LogP contribution in [0.25, 0.3) is 61.3 Å². The molecule has 1 aromatic carbocycles. The summed E-state index contributed by atoms with van der Waals surface area (Å²) < 4.78 is 14.7. The molecule has 0 spiro atoms. The highest BCUT2D eigenvalue weighted by molar-refractivity contribution is 7.31. The van der Waals surface area contributed by atoms with Gasteiger partial charge >= 0.3 is 0 Å². The molecule has 0 aliphatic carbocycles. The summed E-state index contributed by atoms with van der Waals surface area (Å²) in [5.74, 6) is 0. The molecule has 0 aliphatic heterocycles. The molecule has 10 heteroatoms. The first kappa shape index (κ1) is 34.6. The highest BCUT2D eigenvalue weighted by atomic mass is 32.1. The Morgan fingerprint density at radius 1 is 0.612 bits per heavy atom. The van der Waals surface area contributed by atoms with Crippen molar-refractivity contribution in [2.24, 2.45) is 0 Å². The first-order valence-electron chi connectivity index (χ1n) is 17.9. The third-order valence-corrected chi connectivity index (χ3v) is 14.3. The van der Waals surface area contributed by atoms with Crippen molar-refractivity contribution < 1.29 is 0 Å². The van der Waals surface area contributed by atoms with Gasteiger partial charge in [-0.25, -0.2) is 0 Å². The second-order valence-corrected chi connectivity index (χ2v) is 17.7. The quantitative estimate of drug-likeness (QED) is 0.0887. The molecule has 5 nitrogen and oxygen atoms in total. The van der Waals surface area contributed by atoms with Gasteiger partial charge in [-0.15, -0.1) is 45.3 Å². The zero-order valence-electron chi connectivity index (χ0n) is 28.7. The fraction of sp³-hybridized carbons (Fsp3) is 0.410. The minimum Gasteiger partial charge on any atom is -0.377 e. The van der Waals surface area contributed by atoms with Crippen molar-refractivity contribution in [3.05, 3.63) is 54.7 Å². The van der Waals surface area contributed by atoms with Crippen LogP contribution in [0.2, 0.25) is 0 Å². The molecule has 1 N–H and O–H groups in total. The van der Waals surface area contributed by atoms with E-state index in [1.54, 1.807) is 0 Å². The molecule has 0 aliphatic rings. The lowest BCUT2D eigenvalue weighted by Crippen LogP contribution is -2.25. The number of anilines is 2. The van der Waals surface area contributed by atoms with Crippen molar-refractivity contribution >= 4 is 97.6 Å². The highest BCUT2D eigenvalue weighted by Crippen LogP contribution is 2.45. The predicted octanol–water partition coefficient (Wildman–Crippen LogP) is 13.8. The Labute approximate surface area is 310 Å². The Balaban J connectivity index is 1.08. The number of benzene rings is 1. The maximum Gasteiger partial charge on any atom is 0.132 e. The predicted molar refractivity (Wildman–Crippen MR) is 222 cm³/mol. The van der Waals surface area contributed by atoms with E-state index in [-0.39, 0.29) is 0 Å². The lowest BCUT2D eigenvalue weighted by molar-refractivity contribution is 0.609. The Morgan fingerprint density at radius 2 is 1.22 bits per heavy atom. The van der Waals surface area contributed by atoms with E-state index in [1.807, 2.05) is 51.5 Å². The molecule has 7 aromatic rings. The van der Waals surface area contributed by atoms with Gasteiger partial charge < -0.3 is 10.2 Å². The topological polar surface area (TPSA) is 53.9 Å². The Bertz CT molecular complexity index is 2020. The van der Waals surface area contributed by atoms with Crippen LogP contribution in [-0.2, 0) is 0 Å². The van der Waals surface area contributed by atoms with Crippen LogP contribution in [-0.4, -0.2) is 33.4 Å². The summed E-state index contributed by atoms with van der Waals surface area (Å²) in [5.41, 5.74) is 6.52. The van der Waals surface area contributed by atoms with Gasteiger partial charge in [0.1, 0.15) is 16.7 Å². The molecule has 6 aromatic heterocycles. The van der Waals surface area contributed by atoms with E-state index in [9.17, 15) is 0 Å².